The largest absolute Gasteiger partial charge is 0.381 e. The van der Waals surface area contributed by atoms with Crippen molar-refractivity contribution in [3.63, 3.8) is 0 Å². The Hall–Kier alpha value is -0.160. The molecule has 0 aromatic heterocycles. The summed E-state index contributed by atoms with van der Waals surface area (Å²) in [6.07, 6.45) is 6.00. The van der Waals surface area contributed by atoms with Crippen molar-refractivity contribution < 1.29 is 9.47 Å². The van der Waals surface area contributed by atoms with E-state index in [4.69, 9.17) is 15.2 Å². The summed E-state index contributed by atoms with van der Waals surface area (Å²) in [4.78, 5) is 2.51. The van der Waals surface area contributed by atoms with Gasteiger partial charge in [0.25, 0.3) is 0 Å². The molecule has 2 aliphatic heterocycles. The third-order valence-corrected chi connectivity index (χ3v) is 4.08. The SMILES string of the molecule is CO[C@@H]1CCO[C@]2(CCCN(CCCN)C2)C1. The fourth-order valence-corrected chi connectivity index (χ4v) is 3.16. The van der Waals surface area contributed by atoms with Crippen LogP contribution in [0.3, 0.4) is 0 Å². The highest BCUT2D eigenvalue weighted by Crippen LogP contribution is 2.34. The van der Waals surface area contributed by atoms with E-state index in [1.165, 1.54) is 19.4 Å². The van der Waals surface area contributed by atoms with Gasteiger partial charge in [-0.15, -0.1) is 0 Å². The fourth-order valence-electron chi connectivity index (χ4n) is 3.16. The molecule has 0 radical (unpaired) electrons. The van der Waals surface area contributed by atoms with Crippen molar-refractivity contribution in [3.05, 3.63) is 0 Å². The molecule has 0 amide bonds. The Labute approximate surface area is 104 Å². The van der Waals surface area contributed by atoms with E-state index in [1.807, 2.05) is 7.11 Å². The summed E-state index contributed by atoms with van der Waals surface area (Å²) >= 11 is 0. The van der Waals surface area contributed by atoms with Crippen LogP contribution in [-0.4, -0.2) is 56.5 Å². The molecule has 17 heavy (non-hydrogen) atoms. The Morgan fingerprint density at radius 3 is 3.18 bits per heavy atom. The van der Waals surface area contributed by atoms with E-state index in [0.717, 1.165) is 45.5 Å². The van der Waals surface area contributed by atoms with E-state index in [9.17, 15) is 0 Å². The minimum absolute atomic E-state index is 0.0613. The van der Waals surface area contributed by atoms with Crippen molar-refractivity contribution in [2.45, 2.75) is 43.8 Å². The number of piperidine rings is 1. The maximum Gasteiger partial charge on any atom is 0.0833 e. The van der Waals surface area contributed by atoms with Crippen LogP contribution < -0.4 is 5.73 Å². The Morgan fingerprint density at radius 2 is 2.41 bits per heavy atom. The molecule has 2 aliphatic rings. The minimum Gasteiger partial charge on any atom is -0.381 e. The van der Waals surface area contributed by atoms with Crippen LogP contribution >= 0.6 is 0 Å². The van der Waals surface area contributed by atoms with Gasteiger partial charge in [0.2, 0.25) is 0 Å². The van der Waals surface area contributed by atoms with Crippen LogP contribution in [0.4, 0.5) is 0 Å². The monoisotopic (exact) mass is 242 g/mol. The first kappa shape index (κ1) is 13.3. The highest BCUT2D eigenvalue weighted by Gasteiger charge is 2.40. The quantitative estimate of drug-likeness (QED) is 0.799. The summed E-state index contributed by atoms with van der Waals surface area (Å²) in [5.74, 6) is 0. The van der Waals surface area contributed by atoms with Crippen LogP contribution in [0.15, 0.2) is 0 Å². The molecule has 0 aromatic rings. The normalized spacial score (nSPS) is 35.3. The molecule has 100 valence electrons. The van der Waals surface area contributed by atoms with E-state index in [2.05, 4.69) is 4.90 Å². The van der Waals surface area contributed by atoms with Gasteiger partial charge >= 0.3 is 0 Å². The van der Waals surface area contributed by atoms with Crippen LogP contribution in [0.1, 0.15) is 32.1 Å². The number of nitrogens with two attached hydrogens (primary N) is 1. The average molecular weight is 242 g/mol. The van der Waals surface area contributed by atoms with Crippen molar-refractivity contribution in [1.29, 1.82) is 0 Å². The molecule has 2 saturated heterocycles. The zero-order valence-corrected chi connectivity index (χ0v) is 11.0. The van der Waals surface area contributed by atoms with Crippen LogP contribution in [-0.2, 0) is 9.47 Å². The number of ether oxygens (including phenoxy) is 2. The molecule has 0 aromatic carbocycles. The van der Waals surface area contributed by atoms with Gasteiger partial charge in [0, 0.05) is 26.7 Å². The zero-order chi connectivity index (χ0) is 12.1. The van der Waals surface area contributed by atoms with Crippen LogP contribution in [0, 0.1) is 0 Å². The topological polar surface area (TPSA) is 47.7 Å². The van der Waals surface area contributed by atoms with Gasteiger partial charge in [-0.05, 0) is 45.3 Å². The Kier molecular flexibility index (Phi) is 4.79. The molecule has 2 atom stereocenters. The first-order chi connectivity index (χ1) is 8.28. The lowest BCUT2D eigenvalue weighted by Crippen LogP contribution is -2.54. The Balaban J connectivity index is 1.89. The third-order valence-electron chi connectivity index (χ3n) is 4.08. The van der Waals surface area contributed by atoms with E-state index >= 15 is 0 Å². The maximum absolute atomic E-state index is 6.10. The molecule has 0 unspecified atom stereocenters. The van der Waals surface area contributed by atoms with Crippen LogP contribution in [0.2, 0.25) is 0 Å². The van der Waals surface area contributed by atoms with Gasteiger partial charge in [0.1, 0.15) is 0 Å². The van der Waals surface area contributed by atoms with Gasteiger partial charge in [-0.2, -0.15) is 0 Å². The predicted molar refractivity (Wildman–Crippen MR) is 68.1 cm³/mol. The highest BCUT2D eigenvalue weighted by molar-refractivity contribution is 4.93. The van der Waals surface area contributed by atoms with Gasteiger partial charge in [-0.25, -0.2) is 0 Å². The van der Waals surface area contributed by atoms with Crippen LogP contribution in [0.25, 0.3) is 0 Å². The highest BCUT2D eigenvalue weighted by atomic mass is 16.5. The molecule has 1 spiro atoms. The second-order valence-electron chi connectivity index (χ2n) is 5.40. The van der Waals surface area contributed by atoms with Crippen molar-refractivity contribution in [1.82, 2.24) is 4.90 Å². The van der Waals surface area contributed by atoms with Crippen LogP contribution in [0.5, 0.6) is 0 Å². The standard InChI is InChI=1S/C13H26N2O2/c1-16-12-4-9-17-13(10-12)5-2-7-15(11-13)8-3-6-14/h12H,2-11,14H2,1H3/t12-,13-/m1/s1. The Morgan fingerprint density at radius 1 is 1.53 bits per heavy atom. The number of methoxy groups -OCH3 is 1. The summed E-state index contributed by atoms with van der Waals surface area (Å²) in [7, 11) is 1.82. The van der Waals surface area contributed by atoms with E-state index in [1.54, 1.807) is 0 Å². The fraction of sp³-hybridized carbons (Fsp3) is 1.00. The van der Waals surface area contributed by atoms with E-state index in [-0.39, 0.29) is 5.60 Å². The summed E-state index contributed by atoms with van der Waals surface area (Å²) in [6, 6.07) is 0. The van der Waals surface area contributed by atoms with Crippen molar-refractivity contribution in [2.75, 3.05) is 39.9 Å². The molecule has 0 bridgehead atoms. The smallest absolute Gasteiger partial charge is 0.0833 e. The van der Waals surface area contributed by atoms with Gasteiger partial charge in [-0.3, -0.25) is 0 Å². The zero-order valence-electron chi connectivity index (χ0n) is 11.0. The molecule has 0 aliphatic carbocycles. The second kappa shape index (κ2) is 6.14. The minimum atomic E-state index is 0.0613. The lowest BCUT2D eigenvalue weighted by molar-refractivity contribution is -0.152. The number of likely N-dealkylation sites (tertiary alicyclic amines) is 1. The van der Waals surface area contributed by atoms with Gasteiger partial charge in [0.15, 0.2) is 0 Å². The van der Waals surface area contributed by atoms with Gasteiger partial charge in [0.05, 0.1) is 11.7 Å². The summed E-state index contributed by atoms with van der Waals surface area (Å²) in [5.41, 5.74) is 5.64. The van der Waals surface area contributed by atoms with E-state index in [0.29, 0.717) is 6.10 Å². The molecule has 4 heteroatoms. The first-order valence-corrected chi connectivity index (χ1v) is 6.87. The van der Waals surface area contributed by atoms with Gasteiger partial charge in [-0.1, -0.05) is 0 Å². The number of nitrogens with zero attached hydrogens (tertiary/aromatic N) is 1. The number of hydrogen-bond acceptors (Lipinski definition) is 4. The maximum atomic E-state index is 6.10. The molecule has 2 rings (SSSR count). The molecule has 2 heterocycles. The average Bonchev–Trinajstić information content (AvgIpc) is 2.36. The number of hydrogen-bond donors (Lipinski definition) is 1. The lowest BCUT2D eigenvalue weighted by Gasteiger charge is -2.46. The molecule has 4 nitrogen and oxygen atoms in total. The van der Waals surface area contributed by atoms with Crippen molar-refractivity contribution in [2.24, 2.45) is 5.73 Å². The van der Waals surface area contributed by atoms with Gasteiger partial charge < -0.3 is 20.1 Å². The summed E-state index contributed by atoms with van der Waals surface area (Å²) in [6.45, 7) is 5.00. The van der Waals surface area contributed by atoms with Crippen molar-refractivity contribution in [3.8, 4) is 0 Å². The molecule has 0 saturated carbocycles. The summed E-state index contributed by atoms with van der Waals surface area (Å²) in [5, 5.41) is 0. The molecular formula is C13H26N2O2. The molecular weight excluding hydrogens is 216 g/mol. The predicted octanol–water partition coefficient (Wildman–Crippen LogP) is 0.995. The van der Waals surface area contributed by atoms with E-state index < -0.39 is 0 Å². The number of rotatable bonds is 4. The summed E-state index contributed by atoms with van der Waals surface area (Å²) < 4.78 is 11.6. The Bertz CT molecular complexity index is 233. The first-order valence-electron chi connectivity index (χ1n) is 6.87. The third kappa shape index (κ3) is 3.41. The molecule has 2 N–H and O–H groups in total. The lowest BCUT2D eigenvalue weighted by atomic mass is 9.84. The van der Waals surface area contributed by atoms with Crippen molar-refractivity contribution >= 4 is 0 Å². The molecule has 2 fully saturated rings. The second-order valence-corrected chi connectivity index (χ2v) is 5.40.